The molecule has 1 N–H and O–H groups in total. The van der Waals surface area contributed by atoms with Gasteiger partial charge in [0.25, 0.3) is 0 Å². The molecule has 194 valence electrons. The molecule has 2 aromatic rings. The van der Waals surface area contributed by atoms with Gasteiger partial charge in [0, 0.05) is 5.41 Å². The number of carbonyl (C=O) groups excluding carboxylic acids is 1. The summed E-state index contributed by atoms with van der Waals surface area (Å²) in [5, 5.41) is 10.5. The van der Waals surface area contributed by atoms with Gasteiger partial charge < -0.3 is 14.6 Å². The van der Waals surface area contributed by atoms with E-state index in [4.69, 9.17) is 9.47 Å². The lowest BCUT2D eigenvalue weighted by Crippen LogP contribution is -2.25. The van der Waals surface area contributed by atoms with E-state index in [1.807, 2.05) is 25.1 Å². The van der Waals surface area contributed by atoms with Gasteiger partial charge in [-0.2, -0.15) is 0 Å². The smallest absolute Gasteiger partial charge is 0.338 e. The summed E-state index contributed by atoms with van der Waals surface area (Å²) in [5.74, 6) is 0.829. The first kappa shape index (κ1) is 28.7. The lowest BCUT2D eigenvalue weighted by Gasteiger charge is -2.27. The van der Waals surface area contributed by atoms with Crippen LogP contribution < -0.4 is 4.74 Å². The van der Waals surface area contributed by atoms with Crippen LogP contribution in [0.4, 0.5) is 0 Å². The number of rotatable bonds is 13. The van der Waals surface area contributed by atoms with E-state index in [0.29, 0.717) is 24.5 Å². The van der Waals surface area contributed by atoms with E-state index in [1.54, 1.807) is 12.1 Å². The van der Waals surface area contributed by atoms with Gasteiger partial charge in [0.1, 0.15) is 11.5 Å². The highest BCUT2D eigenvalue weighted by Crippen LogP contribution is 2.35. The second-order valence-electron chi connectivity index (χ2n) is 11.6. The summed E-state index contributed by atoms with van der Waals surface area (Å²) < 4.78 is 11.5. The number of ether oxygens (including phenoxy) is 2. The molecule has 0 radical (unpaired) electrons. The molecule has 0 unspecified atom stereocenters. The van der Waals surface area contributed by atoms with Crippen molar-refractivity contribution in [1.82, 2.24) is 0 Å². The first-order valence-corrected chi connectivity index (χ1v) is 13.2. The quantitative estimate of drug-likeness (QED) is 0.231. The molecule has 0 fully saturated rings. The predicted octanol–water partition coefficient (Wildman–Crippen LogP) is 8.16. The summed E-state index contributed by atoms with van der Waals surface area (Å²) >= 11 is 0. The van der Waals surface area contributed by atoms with Crippen molar-refractivity contribution in [2.24, 2.45) is 5.41 Å². The number of benzene rings is 2. The van der Waals surface area contributed by atoms with E-state index >= 15 is 0 Å². The van der Waals surface area contributed by atoms with Crippen molar-refractivity contribution >= 4 is 5.97 Å². The minimum absolute atomic E-state index is 0.147. The Morgan fingerprint density at radius 1 is 0.914 bits per heavy atom. The molecular formula is C31H46O4. The Morgan fingerprint density at radius 2 is 1.54 bits per heavy atom. The Labute approximate surface area is 213 Å². The van der Waals surface area contributed by atoms with Crippen LogP contribution in [0, 0.1) is 12.3 Å². The average molecular weight is 483 g/mol. The van der Waals surface area contributed by atoms with Crippen molar-refractivity contribution in [2.45, 2.75) is 98.8 Å². The van der Waals surface area contributed by atoms with Crippen LogP contribution >= 0.6 is 0 Å². The second kappa shape index (κ2) is 13.0. The van der Waals surface area contributed by atoms with Crippen LogP contribution in [0.5, 0.6) is 11.5 Å². The minimum atomic E-state index is -0.321. The third-order valence-corrected chi connectivity index (χ3v) is 6.30. The maximum absolute atomic E-state index is 12.6. The summed E-state index contributed by atoms with van der Waals surface area (Å²) in [6.45, 7) is 15.7. The van der Waals surface area contributed by atoms with Crippen molar-refractivity contribution < 1.29 is 19.4 Å². The van der Waals surface area contributed by atoms with Crippen LogP contribution in [-0.4, -0.2) is 24.3 Å². The van der Waals surface area contributed by atoms with E-state index in [1.165, 1.54) is 32.1 Å². The van der Waals surface area contributed by atoms with Crippen LogP contribution in [0.3, 0.4) is 0 Å². The molecule has 0 aliphatic carbocycles. The molecule has 0 saturated carbocycles. The maximum Gasteiger partial charge on any atom is 0.338 e. The molecule has 4 heteroatoms. The van der Waals surface area contributed by atoms with Gasteiger partial charge in [-0.1, -0.05) is 85.8 Å². The van der Waals surface area contributed by atoms with Crippen molar-refractivity contribution in [1.29, 1.82) is 0 Å². The van der Waals surface area contributed by atoms with Crippen LogP contribution in [0.15, 0.2) is 36.4 Å². The third-order valence-electron chi connectivity index (χ3n) is 6.30. The molecule has 2 rings (SSSR count). The number of phenols is 1. The highest BCUT2D eigenvalue weighted by Gasteiger charge is 2.25. The molecule has 0 spiro atoms. The van der Waals surface area contributed by atoms with Gasteiger partial charge >= 0.3 is 5.97 Å². The van der Waals surface area contributed by atoms with Crippen LogP contribution in [-0.2, 0) is 16.6 Å². The third kappa shape index (κ3) is 9.58. The number of esters is 1. The lowest BCUT2D eigenvalue weighted by molar-refractivity contribution is 0.0341. The zero-order valence-corrected chi connectivity index (χ0v) is 23.0. The fourth-order valence-electron chi connectivity index (χ4n) is 4.24. The molecule has 2 aromatic carbocycles. The number of hydrogen-bond acceptors (Lipinski definition) is 4. The predicted molar refractivity (Wildman–Crippen MR) is 145 cm³/mol. The SMILES string of the molecule is CCCCCCCCOc1ccc(C(=O)OCC(C)(C)Cc2cc(C)c(O)c(C(C)(C)C)c2)cc1. The molecule has 4 nitrogen and oxygen atoms in total. The molecule has 0 heterocycles. The summed E-state index contributed by atoms with van der Waals surface area (Å²) in [6, 6.07) is 11.3. The van der Waals surface area contributed by atoms with Gasteiger partial charge in [0.15, 0.2) is 0 Å². The highest BCUT2D eigenvalue weighted by atomic mass is 16.5. The normalized spacial score (nSPS) is 12.0. The number of aromatic hydroxyl groups is 1. The molecule has 0 aliphatic rings. The first-order chi connectivity index (χ1) is 16.4. The number of aryl methyl sites for hydroxylation is 1. The van der Waals surface area contributed by atoms with Crippen molar-refractivity contribution in [2.75, 3.05) is 13.2 Å². The molecule has 0 aliphatic heterocycles. The number of carbonyl (C=O) groups is 1. The van der Waals surface area contributed by atoms with E-state index < -0.39 is 0 Å². The molecule has 35 heavy (non-hydrogen) atoms. The second-order valence-corrected chi connectivity index (χ2v) is 11.6. The van der Waals surface area contributed by atoms with E-state index in [-0.39, 0.29) is 16.8 Å². The van der Waals surface area contributed by atoms with Crippen molar-refractivity contribution in [3.05, 3.63) is 58.7 Å². The fourth-order valence-corrected chi connectivity index (χ4v) is 4.24. The molecular weight excluding hydrogens is 436 g/mol. The van der Waals surface area contributed by atoms with E-state index in [2.05, 4.69) is 47.6 Å². The van der Waals surface area contributed by atoms with Gasteiger partial charge in [-0.15, -0.1) is 0 Å². The molecule has 0 saturated heterocycles. The Bertz CT molecular complexity index is 936. The topological polar surface area (TPSA) is 55.8 Å². The number of unbranched alkanes of at least 4 members (excludes halogenated alkanes) is 5. The Hall–Kier alpha value is -2.49. The monoisotopic (exact) mass is 482 g/mol. The standard InChI is InChI=1S/C31H46O4/c1-8-9-10-11-12-13-18-34-26-16-14-25(15-17-26)29(33)35-22-31(6,7)21-24-19-23(2)28(32)27(20-24)30(3,4)5/h14-17,19-20,32H,8-13,18,21-22H2,1-7H3. The van der Waals surface area contributed by atoms with Crippen molar-refractivity contribution in [3.63, 3.8) is 0 Å². The van der Waals surface area contributed by atoms with Gasteiger partial charge in [-0.05, 0) is 66.1 Å². The van der Waals surface area contributed by atoms with Crippen LogP contribution in [0.25, 0.3) is 0 Å². The largest absolute Gasteiger partial charge is 0.507 e. The van der Waals surface area contributed by atoms with Gasteiger partial charge in [-0.3, -0.25) is 0 Å². The Morgan fingerprint density at radius 3 is 2.17 bits per heavy atom. The van der Waals surface area contributed by atoms with Gasteiger partial charge in [0.05, 0.1) is 18.8 Å². The van der Waals surface area contributed by atoms with Crippen LogP contribution in [0.2, 0.25) is 0 Å². The van der Waals surface area contributed by atoms with Crippen molar-refractivity contribution in [3.8, 4) is 11.5 Å². The minimum Gasteiger partial charge on any atom is -0.507 e. The van der Waals surface area contributed by atoms with E-state index in [9.17, 15) is 9.90 Å². The zero-order chi connectivity index (χ0) is 26.1. The Kier molecular flexibility index (Phi) is 10.7. The molecule has 0 bridgehead atoms. The zero-order valence-electron chi connectivity index (χ0n) is 23.0. The number of phenolic OH excluding ortho intramolecular Hbond substituents is 1. The van der Waals surface area contributed by atoms with Gasteiger partial charge in [-0.25, -0.2) is 4.79 Å². The van der Waals surface area contributed by atoms with Gasteiger partial charge in [0.2, 0.25) is 0 Å². The molecule has 0 amide bonds. The average Bonchev–Trinajstić information content (AvgIpc) is 2.78. The van der Waals surface area contributed by atoms with Crippen LogP contribution in [0.1, 0.15) is 107 Å². The fraction of sp³-hybridized carbons (Fsp3) is 0.581. The molecule has 0 atom stereocenters. The molecule has 0 aromatic heterocycles. The van der Waals surface area contributed by atoms with E-state index in [0.717, 1.165) is 35.3 Å². The summed E-state index contributed by atoms with van der Waals surface area (Å²) in [5.41, 5.74) is 3.10. The summed E-state index contributed by atoms with van der Waals surface area (Å²) in [7, 11) is 0. The maximum atomic E-state index is 12.6. The first-order valence-electron chi connectivity index (χ1n) is 13.2. The lowest BCUT2D eigenvalue weighted by atomic mass is 9.80. The number of hydrogen-bond donors (Lipinski definition) is 1. The highest BCUT2D eigenvalue weighted by molar-refractivity contribution is 5.89. The summed E-state index contributed by atoms with van der Waals surface area (Å²) in [4.78, 5) is 12.6. The Balaban J connectivity index is 1.86. The summed E-state index contributed by atoms with van der Waals surface area (Å²) in [6.07, 6.45) is 8.14.